The van der Waals surface area contributed by atoms with E-state index in [0.29, 0.717) is 0 Å². The van der Waals surface area contributed by atoms with E-state index in [1.807, 2.05) is 41.5 Å². The Labute approximate surface area is 80.6 Å². The van der Waals surface area contributed by atoms with Gasteiger partial charge in [0.1, 0.15) is 0 Å². The van der Waals surface area contributed by atoms with Crippen molar-refractivity contribution < 1.29 is 4.79 Å². The summed E-state index contributed by atoms with van der Waals surface area (Å²) in [4.78, 5) is 11.3. The van der Waals surface area contributed by atoms with Gasteiger partial charge >= 0.3 is 0 Å². The van der Waals surface area contributed by atoms with Gasteiger partial charge in [0.25, 0.3) is 0 Å². The molecular weight excluding hydrogens is 164 g/mol. The molecule has 0 aromatic carbocycles. The Hall–Kier alpha value is -0.860. The zero-order valence-corrected chi connectivity index (χ0v) is 9.43. The number of carbonyl (C=O) groups is 1. The van der Waals surface area contributed by atoms with Crippen molar-refractivity contribution >= 4 is 12.1 Å². The second-order valence-corrected chi connectivity index (χ2v) is 5.32. The number of rotatable bonds is 1. The lowest BCUT2D eigenvalue weighted by Crippen LogP contribution is -2.31. The molecule has 0 aromatic rings. The lowest BCUT2D eigenvalue weighted by molar-refractivity contribution is -0.128. The topological polar surface area (TPSA) is 41.5 Å². The Bertz CT molecular complexity index is 206. The number of hydrazone groups is 1. The summed E-state index contributed by atoms with van der Waals surface area (Å²) in [5.74, 6) is -0.0620. The molecule has 0 heterocycles. The van der Waals surface area contributed by atoms with E-state index in [9.17, 15) is 4.79 Å². The Morgan fingerprint density at radius 1 is 1.15 bits per heavy atom. The van der Waals surface area contributed by atoms with Crippen LogP contribution in [0.2, 0.25) is 0 Å². The highest BCUT2D eigenvalue weighted by molar-refractivity contribution is 5.82. The maximum atomic E-state index is 11.3. The lowest BCUT2D eigenvalue weighted by Gasteiger charge is -2.16. The third kappa shape index (κ3) is 6.31. The van der Waals surface area contributed by atoms with E-state index in [-0.39, 0.29) is 16.7 Å². The zero-order valence-electron chi connectivity index (χ0n) is 9.43. The smallest absolute Gasteiger partial charge is 0.245 e. The molecule has 76 valence electrons. The van der Waals surface area contributed by atoms with Gasteiger partial charge in [0.2, 0.25) is 5.91 Å². The lowest BCUT2D eigenvalue weighted by atomic mass is 9.96. The molecule has 0 saturated heterocycles. The van der Waals surface area contributed by atoms with Gasteiger partial charge in [-0.05, 0) is 5.41 Å². The van der Waals surface area contributed by atoms with Gasteiger partial charge in [0.05, 0.1) is 0 Å². The number of amides is 1. The van der Waals surface area contributed by atoms with E-state index in [0.717, 1.165) is 0 Å². The second kappa shape index (κ2) is 3.90. The van der Waals surface area contributed by atoms with Crippen molar-refractivity contribution in [1.29, 1.82) is 0 Å². The molecule has 0 fully saturated rings. The summed E-state index contributed by atoms with van der Waals surface area (Å²) >= 11 is 0. The van der Waals surface area contributed by atoms with Gasteiger partial charge in [-0.3, -0.25) is 4.79 Å². The molecule has 3 heteroatoms. The van der Waals surface area contributed by atoms with E-state index in [1.54, 1.807) is 6.21 Å². The predicted molar refractivity (Wildman–Crippen MR) is 55.5 cm³/mol. The SMILES string of the molecule is CC(C)(C)/C=N\NC(=O)C(C)(C)C. The van der Waals surface area contributed by atoms with Crippen molar-refractivity contribution in [2.45, 2.75) is 41.5 Å². The molecule has 0 aromatic heterocycles. The largest absolute Gasteiger partial charge is 0.273 e. The summed E-state index contributed by atoms with van der Waals surface area (Å²) in [5, 5.41) is 3.88. The van der Waals surface area contributed by atoms with E-state index in [1.165, 1.54) is 0 Å². The first-order chi connectivity index (χ1) is 5.63. The number of nitrogens with zero attached hydrogens (tertiary/aromatic N) is 1. The third-order valence-electron chi connectivity index (χ3n) is 1.30. The number of hydrogen-bond acceptors (Lipinski definition) is 2. The first kappa shape index (κ1) is 12.1. The van der Waals surface area contributed by atoms with Crippen LogP contribution in [0.1, 0.15) is 41.5 Å². The van der Waals surface area contributed by atoms with Crippen LogP contribution >= 0.6 is 0 Å². The summed E-state index contributed by atoms with van der Waals surface area (Å²) in [7, 11) is 0. The Balaban J connectivity index is 4.06. The molecule has 0 radical (unpaired) electrons. The maximum absolute atomic E-state index is 11.3. The summed E-state index contributed by atoms with van der Waals surface area (Å²) in [6.07, 6.45) is 1.73. The average molecular weight is 184 g/mol. The fraction of sp³-hybridized carbons (Fsp3) is 0.800. The molecule has 0 aliphatic rings. The highest BCUT2D eigenvalue weighted by Gasteiger charge is 2.20. The number of nitrogens with one attached hydrogen (secondary N) is 1. The molecule has 0 aliphatic carbocycles. The van der Waals surface area contributed by atoms with Crippen LogP contribution in [-0.2, 0) is 4.79 Å². The molecular formula is C10H20N2O. The molecule has 0 bridgehead atoms. The minimum Gasteiger partial charge on any atom is -0.273 e. The molecule has 3 nitrogen and oxygen atoms in total. The molecule has 0 atom stereocenters. The molecule has 0 saturated carbocycles. The minimum atomic E-state index is -0.380. The van der Waals surface area contributed by atoms with E-state index in [4.69, 9.17) is 0 Å². The van der Waals surface area contributed by atoms with Crippen LogP contribution in [0.25, 0.3) is 0 Å². The summed E-state index contributed by atoms with van der Waals surface area (Å²) in [6.45, 7) is 11.7. The molecule has 0 aliphatic heterocycles. The van der Waals surface area contributed by atoms with Crippen LogP contribution in [0.4, 0.5) is 0 Å². The van der Waals surface area contributed by atoms with Crippen LogP contribution in [0, 0.1) is 10.8 Å². The van der Waals surface area contributed by atoms with Gasteiger partial charge in [-0.2, -0.15) is 5.10 Å². The Morgan fingerprint density at radius 3 is 1.92 bits per heavy atom. The van der Waals surface area contributed by atoms with E-state index in [2.05, 4.69) is 10.5 Å². The Kier molecular flexibility index (Phi) is 3.64. The van der Waals surface area contributed by atoms with Crippen LogP contribution in [0.15, 0.2) is 5.10 Å². The summed E-state index contributed by atoms with van der Waals surface area (Å²) < 4.78 is 0. The molecule has 13 heavy (non-hydrogen) atoms. The van der Waals surface area contributed by atoms with Gasteiger partial charge in [0, 0.05) is 11.6 Å². The van der Waals surface area contributed by atoms with Crippen LogP contribution in [0.5, 0.6) is 0 Å². The molecule has 0 spiro atoms. The van der Waals surface area contributed by atoms with Crippen molar-refractivity contribution in [2.24, 2.45) is 15.9 Å². The fourth-order valence-corrected chi connectivity index (χ4v) is 0.452. The van der Waals surface area contributed by atoms with Crippen LogP contribution < -0.4 is 5.43 Å². The molecule has 1 N–H and O–H groups in total. The minimum absolute atomic E-state index is 0.00512. The van der Waals surface area contributed by atoms with Crippen molar-refractivity contribution in [2.75, 3.05) is 0 Å². The maximum Gasteiger partial charge on any atom is 0.245 e. The summed E-state index contributed by atoms with van der Waals surface area (Å²) in [5.41, 5.74) is 2.14. The van der Waals surface area contributed by atoms with Gasteiger partial charge in [-0.25, -0.2) is 5.43 Å². The van der Waals surface area contributed by atoms with E-state index < -0.39 is 0 Å². The van der Waals surface area contributed by atoms with Gasteiger partial charge in [-0.15, -0.1) is 0 Å². The molecule has 1 amide bonds. The van der Waals surface area contributed by atoms with Crippen molar-refractivity contribution in [3.63, 3.8) is 0 Å². The van der Waals surface area contributed by atoms with Crippen LogP contribution in [-0.4, -0.2) is 12.1 Å². The van der Waals surface area contributed by atoms with Crippen molar-refractivity contribution in [3.8, 4) is 0 Å². The first-order valence-corrected chi connectivity index (χ1v) is 4.47. The number of hydrogen-bond donors (Lipinski definition) is 1. The molecule has 0 rings (SSSR count). The summed E-state index contributed by atoms with van der Waals surface area (Å²) in [6, 6.07) is 0. The predicted octanol–water partition coefficient (Wildman–Crippen LogP) is 2.18. The quantitative estimate of drug-likeness (QED) is 0.492. The van der Waals surface area contributed by atoms with Crippen LogP contribution in [0.3, 0.4) is 0 Å². The van der Waals surface area contributed by atoms with Gasteiger partial charge in [-0.1, -0.05) is 41.5 Å². The monoisotopic (exact) mass is 184 g/mol. The second-order valence-electron chi connectivity index (χ2n) is 5.32. The fourth-order valence-electron chi connectivity index (χ4n) is 0.452. The first-order valence-electron chi connectivity index (χ1n) is 4.47. The standard InChI is InChI=1S/C10H20N2O/c1-9(2,3)7-11-12-8(13)10(4,5)6/h7H,1-6H3,(H,12,13)/b11-7-. The average Bonchev–Trinajstić information content (AvgIpc) is 1.82. The van der Waals surface area contributed by atoms with Gasteiger partial charge < -0.3 is 0 Å². The van der Waals surface area contributed by atoms with Gasteiger partial charge in [0.15, 0.2) is 0 Å². The third-order valence-corrected chi connectivity index (χ3v) is 1.30. The van der Waals surface area contributed by atoms with E-state index >= 15 is 0 Å². The Morgan fingerprint density at radius 2 is 1.62 bits per heavy atom. The molecule has 0 unspecified atom stereocenters. The van der Waals surface area contributed by atoms with Crippen molar-refractivity contribution in [3.05, 3.63) is 0 Å². The van der Waals surface area contributed by atoms with Crippen molar-refractivity contribution in [1.82, 2.24) is 5.43 Å². The highest BCUT2D eigenvalue weighted by atomic mass is 16.2. The number of carbonyl (C=O) groups excluding carboxylic acids is 1. The highest BCUT2D eigenvalue weighted by Crippen LogP contribution is 2.12. The zero-order chi connectivity index (χ0) is 10.7. The normalized spacial score (nSPS) is 13.4.